The molecule has 0 unspecified atom stereocenters. The first kappa shape index (κ1) is 36.7. The van der Waals surface area contributed by atoms with E-state index in [1.807, 2.05) is 20.8 Å². The van der Waals surface area contributed by atoms with Crippen LogP contribution in [-0.2, 0) is 33.0 Å². The number of alkyl halides is 2. The van der Waals surface area contributed by atoms with Gasteiger partial charge >= 0.3 is 18.0 Å². The number of ether oxygens (including phenoxy) is 3. The topological polar surface area (TPSA) is 133 Å². The molecule has 238 valence electrons. The van der Waals surface area contributed by atoms with Gasteiger partial charge in [0.05, 0.1) is 19.6 Å². The summed E-state index contributed by atoms with van der Waals surface area (Å²) in [6.45, 7) is 16.4. The van der Waals surface area contributed by atoms with Crippen molar-refractivity contribution in [1.82, 2.24) is 15.5 Å². The van der Waals surface area contributed by atoms with Crippen LogP contribution in [0.15, 0.2) is 0 Å². The Morgan fingerprint density at radius 1 is 0.976 bits per heavy atom. The van der Waals surface area contributed by atoms with Gasteiger partial charge in [-0.25, -0.2) is 4.79 Å². The minimum Gasteiger partial charge on any atom is -0.469 e. The molecular weight excluding hydrogens is 560 g/mol. The third-order valence-electron chi connectivity index (χ3n) is 7.17. The molecule has 0 aliphatic carbocycles. The van der Waals surface area contributed by atoms with E-state index in [-0.39, 0.29) is 19.7 Å². The molecule has 0 bridgehead atoms. The number of methoxy groups -OCH3 is 1. The fourth-order valence-corrected chi connectivity index (χ4v) is 5.36. The zero-order valence-corrected chi connectivity index (χ0v) is 27.4. The summed E-state index contributed by atoms with van der Waals surface area (Å²) in [7, 11) is -2.13. The van der Waals surface area contributed by atoms with Crippen LogP contribution in [0.5, 0.6) is 0 Å². The van der Waals surface area contributed by atoms with Gasteiger partial charge in [-0.3, -0.25) is 14.4 Å². The SMILES string of the molecule is CCO[C@@](O[Si](C)(C)C(C)(C)C)([C@H](CC(=O)OC)NC(=O)[C@H](C)NC(=O)OC(C)(C)C)C(F)(F)C(=O)N1CCCC1. The highest BCUT2D eigenvalue weighted by Gasteiger charge is 2.69. The number of carbonyl (C=O) groups excluding carboxylic acids is 4. The molecule has 1 aliphatic rings. The molecule has 0 spiro atoms. The predicted octanol–water partition coefficient (Wildman–Crippen LogP) is 3.96. The first-order valence-corrected chi connectivity index (χ1v) is 16.8. The second-order valence-electron chi connectivity index (χ2n) is 12.7. The minimum absolute atomic E-state index is 0.127. The Hall–Kier alpha value is -2.32. The van der Waals surface area contributed by atoms with E-state index >= 15 is 8.78 Å². The Labute approximate surface area is 243 Å². The van der Waals surface area contributed by atoms with Crippen molar-refractivity contribution in [3.8, 4) is 0 Å². The van der Waals surface area contributed by atoms with Crippen molar-refractivity contribution in [2.75, 3.05) is 26.8 Å². The molecule has 0 aromatic carbocycles. The number of carbonyl (C=O) groups is 4. The lowest BCUT2D eigenvalue weighted by atomic mass is 9.94. The maximum absolute atomic E-state index is 16.7. The van der Waals surface area contributed by atoms with Gasteiger partial charge in [0.25, 0.3) is 11.7 Å². The fraction of sp³-hybridized carbons (Fsp3) is 0.852. The molecular formula is C27H49F2N3O8Si. The Balaban J connectivity index is 3.73. The second-order valence-corrected chi connectivity index (χ2v) is 17.5. The lowest BCUT2D eigenvalue weighted by molar-refractivity contribution is -0.310. The highest BCUT2D eigenvalue weighted by atomic mass is 28.4. The molecule has 3 amide bonds. The van der Waals surface area contributed by atoms with Crippen molar-refractivity contribution in [2.45, 2.75) is 122 Å². The van der Waals surface area contributed by atoms with Gasteiger partial charge in [0, 0.05) is 19.7 Å². The normalized spacial score (nSPS) is 17.7. The summed E-state index contributed by atoms with van der Waals surface area (Å²) < 4.78 is 55.4. The Morgan fingerprint density at radius 2 is 1.51 bits per heavy atom. The van der Waals surface area contributed by atoms with Crippen LogP contribution in [0.25, 0.3) is 0 Å². The number of hydrogen-bond acceptors (Lipinski definition) is 8. The van der Waals surface area contributed by atoms with Crippen molar-refractivity contribution < 1.29 is 46.6 Å². The molecule has 41 heavy (non-hydrogen) atoms. The average molecular weight is 610 g/mol. The second kappa shape index (κ2) is 13.8. The first-order valence-electron chi connectivity index (χ1n) is 13.9. The molecule has 1 fully saturated rings. The van der Waals surface area contributed by atoms with Crippen molar-refractivity contribution in [3.63, 3.8) is 0 Å². The number of hydrogen-bond donors (Lipinski definition) is 2. The van der Waals surface area contributed by atoms with E-state index in [1.54, 1.807) is 33.9 Å². The summed E-state index contributed by atoms with van der Waals surface area (Å²) in [5.74, 6) is -10.8. The number of halogens is 2. The lowest BCUT2D eigenvalue weighted by Gasteiger charge is -2.50. The molecule has 0 aromatic rings. The van der Waals surface area contributed by atoms with Crippen molar-refractivity contribution in [2.24, 2.45) is 0 Å². The third-order valence-corrected chi connectivity index (χ3v) is 11.6. The molecule has 1 rings (SSSR count). The van der Waals surface area contributed by atoms with E-state index in [0.717, 1.165) is 12.0 Å². The van der Waals surface area contributed by atoms with Crippen LogP contribution in [0.1, 0.15) is 74.7 Å². The summed E-state index contributed by atoms with van der Waals surface area (Å²) in [5.41, 5.74) is -0.854. The molecule has 2 N–H and O–H groups in total. The molecule has 0 saturated carbocycles. The summed E-state index contributed by atoms with van der Waals surface area (Å²) in [6, 6.07) is -3.17. The van der Waals surface area contributed by atoms with Crippen molar-refractivity contribution in [3.05, 3.63) is 0 Å². The number of nitrogens with one attached hydrogen (secondary N) is 2. The van der Waals surface area contributed by atoms with Gasteiger partial charge in [-0.05, 0) is 65.6 Å². The van der Waals surface area contributed by atoms with Gasteiger partial charge in [0.1, 0.15) is 11.6 Å². The van der Waals surface area contributed by atoms with Gasteiger partial charge in [-0.1, -0.05) is 20.8 Å². The van der Waals surface area contributed by atoms with Gasteiger partial charge in [-0.2, -0.15) is 8.78 Å². The highest BCUT2D eigenvalue weighted by Crippen LogP contribution is 2.47. The molecule has 0 aromatic heterocycles. The maximum Gasteiger partial charge on any atom is 0.408 e. The number of nitrogens with zero attached hydrogens (tertiary/aromatic N) is 1. The number of likely N-dealkylation sites (tertiary alicyclic amines) is 1. The summed E-state index contributed by atoms with van der Waals surface area (Å²) in [4.78, 5) is 52.6. The zero-order chi connectivity index (χ0) is 32.0. The molecule has 14 heteroatoms. The smallest absolute Gasteiger partial charge is 0.408 e. The number of rotatable bonds is 12. The number of alkyl carbamates (subject to hydrolysis) is 1. The van der Waals surface area contributed by atoms with Crippen LogP contribution in [0.4, 0.5) is 13.6 Å². The van der Waals surface area contributed by atoms with Crippen LogP contribution < -0.4 is 10.6 Å². The lowest BCUT2D eigenvalue weighted by Crippen LogP contribution is -2.73. The average Bonchev–Trinajstić information content (AvgIpc) is 3.35. The number of esters is 1. The molecule has 11 nitrogen and oxygen atoms in total. The standard InChI is InChI=1S/C27H49F2N3O8Si/c1-12-38-27(40-41(10,11)25(6,7)8,26(28,29)22(35)32-15-13-14-16-32)19(17-20(33)37-9)31-21(34)18(2)30-23(36)39-24(3,4)5/h18-19H,12-17H2,1-11H3,(H,30,36)(H,31,34)/t18-,19-,27+/m0/s1. The quantitative estimate of drug-likeness (QED) is 0.193. The van der Waals surface area contributed by atoms with E-state index in [2.05, 4.69) is 10.6 Å². The van der Waals surface area contributed by atoms with Crippen LogP contribution in [0.2, 0.25) is 18.1 Å². The van der Waals surface area contributed by atoms with Crippen LogP contribution >= 0.6 is 0 Å². The van der Waals surface area contributed by atoms with E-state index < -0.39 is 73.0 Å². The molecule has 3 atom stereocenters. The highest BCUT2D eigenvalue weighted by molar-refractivity contribution is 6.74. The Morgan fingerprint density at radius 3 is 1.95 bits per heavy atom. The molecule has 1 saturated heterocycles. The zero-order valence-electron chi connectivity index (χ0n) is 26.4. The molecule has 1 aliphatic heterocycles. The molecule has 0 radical (unpaired) electrons. The summed E-state index contributed by atoms with van der Waals surface area (Å²) in [5, 5.41) is 4.13. The van der Waals surface area contributed by atoms with Crippen LogP contribution in [-0.4, -0.2) is 93.3 Å². The van der Waals surface area contributed by atoms with E-state index in [1.165, 1.54) is 13.8 Å². The fourth-order valence-electron chi connectivity index (χ4n) is 3.97. The third kappa shape index (κ3) is 9.33. The van der Waals surface area contributed by atoms with Crippen LogP contribution in [0, 0.1) is 0 Å². The number of amides is 3. The Kier molecular flexibility index (Phi) is 12.3. The van der Waals surface area contributed by atoms with Gasteiger partial charge in [-0.15, -0.1) is 0 Å². The monoisotopic (exact) mass is 609 g/mol. The maximum atomic E-state index is 16.7. The van der Waals surface area contributed by atoms with Gasteiger partial charge in [0.2, 0.25) is 5.91 Å². The van der Waals surface area contributed by atoms with E-state index in [4.69, 9.17) is 18.6 Å². The van der Waals surface area contributed by atoms with Crippen molar-refractivity contribution >= 4 is 32.2 Å². The van der Waals surface area contributed by atoms with E-state index in [9.17, 15) is 19.2 Å². The molecule has 1 heterocycles. The van der Waals surface area contributed by atoms with Crippen molar-refractivity contribution in [1.29, 1.82) is 0 Å². The minimum atomic E-state index is -4.34. The largest absolute Gasteiger partial charge is 0.469 e. The van der Waals surface area contributed by atoms with Crippen LogP contribution in [0.3, 0.4) is 0 Å². The van der Waals surface area contributed by atoms with E-state index in [0.29, 0.717) is 12.8 Å². The summed E-state index contributed by atoms with van der Waals surface area (Å²) >= 11 is 0. The Bertz CT molecular complexity index is 946. The van der Waals surface area contributed by atoms with Gasteiger partial charge in [0.15, 0.2) is 8.32 Å². The summed E-state index contributed by atoms with van der Waals surface area (Å²) in [6.07, 6.45) is -0.600. The first-order chi connectivity index (χ1) is 18.5. The van der Waals surface area contributed by atoms with Gasteiger partial charge < -0.3 is 34.2 Å². The predicted molar refractivity (Wildman–Crippen MR) is 151 cm³/mol.